The minimum Gasteiger partial charge on any atom is -0.456 e. The fraction of sp³-hybridized carbons (Fsp3) is 0.438. The summed E-state index contributed by atoms with van der Waals surface area (Å²) < 4.78 is 7.44. The van der Waals surface area contributed by atoms with Crippen molar-refractivity contribution in [2.75, 3.05) is 13.1 Å². The molecule has 2 aromatic rings. The lowest BCUT2D eigenvalue weighted by atomic mass is 9.97. The number of nitrogens with zero attached hydrogens (tertiary/aromatic N) is 3. The van der Waals surface area contributed by atoms with E-state index in [9.17, 15) is 9.59 Å². The van der Waals surface area contributed by atoms with E-state index in [0.717, 1.165) is 19.4 Å². The summed E-state index contributed by atoms with van der Waals surface area (Å²) in [6.45, 7) is 3.91. The maximum Gasteiger partial charge on any atom is 0.289 e. The highest BCUT2D eigenvalue weighted by molar-refractivity contribution is 5.91. The van der Waals surface area contributed by atoms with Crippen LogP contribution in [0.4, 0.5) is 0 Å². The third-order valence-electron chi connectivity index (χ3n) is 3.94. The molecule has 6 nitrogen and oxygen atoms in total. The first kappa shape index (κ1) is 14.6. The molecule has 3 rings (SSSR count). The van der Waals surface area contributed by atoms with Gasteiger partial charge in [-0.3, -0.25) is 9.59 Å². The van der Waals surface area contributed by atoms with Crippen LogP contribution in [-0.4, -0.2) is 33.4 Å². The number of rotatable bonds is 3. The van der Waals surface area contributed by atoms with E-state index in [1.165, 1.54) is 12.1 Å². The average Bonchev–Trinajstić information content (AvgIpc) is 2.98. The van der Waals surface area contributed by atoms with Crippen molar-refractivity contribution < 1.29 is 9.21 Å². The minimum atomic E-state index is -0.198. The molecule has 2 aromatic heterocycles. The zero-order chi connectivity index (χ0) is 15.5. The Morgan fingerprint density at radius 1 is 1.45 bits per heavy atom. The lowest BCUT2D eigenvalue weighted by Gasteiger charge is -2.32. The van der Waals surface area contributed by atoms with Crippen molar-refractivity contribution in [3.05, 3.63) is 52.6 Å². The zero-order valence-electron chi connectivity index (χ0n) is 12.6. The van der Waals surface area contributed by atoms with E-state index < -0.39 is 0 Å². The number of aryl methyl sites for hydroxylation is 1. The van der Waals surface area contributed by atoms with Gasteiger partial charge in [0.05, 0.1) is 6.33 Å². The van der Waals surface area contributed by atoms with Crippen LogP contribution >= 0.6 is 0 Å². The Balaban J connectivity index is 1.71. The molecule has 1 saturated heterocycles. The number of carbonyl (C=O) groups is 1. The van der Waals surface area contributed by atoms with Crippen LogP contribution in [0.1, 0.15) is 29.2 Å². The summed E-state index contributed by atoms with van der Waals surface area (Å²) in [5, 5.41) is 0. The summed E-state index contributed by atoms with van der Waals surface area (Å²) in [5.41, 5.74) is -0.195. The van der Waals surface area contributed by atoms with E-state index in [4.69, 9.17) is 4.42 Å². The van der Waals surface area contributed by atoms with Crippen LogP contribution in [0.2, 0.25) is 0 Å². The molecule has 0 aromatic carbocycles. The Morgan fingerprint density at radius 3 is 3.05 bits per heavy atom. The fourth-order valence-electron chi connectivity index (χ4n) is 2.96. The largest absolute Gasteiger partial charge is 0.456 e. The van der Waals surface area contributed by atoms with Crippen molar-refractivity contribution in [2.45, 2.75) is 26.3 Å². The van der Waals surface area contributed by atoms with Gasteiger partial charge in [-0.1, -0.05) is 0 Å². The Labute approximate surface area is 128 Å². The number of hydrogen-bond acceptors (Lipinski definition) is 4. The van der Waals surface area contributed by atoms with Crippen LogP contribution in [0.15, 0.2) is 40.1 Å². The molecule has 1 atom stereocenters. The SMILES string of the molecule is Cc1cc(=O)cc(C(=O)N2CCC[C@@H](Cn3ccnc3)C2)o1. The van der Waals surface area contributed by atoms with Crippen LogP contribution in [0, 0.1) is 12.8 Å². The highest BCUT2D eigenvalue weighted by Crippen LogP contribution is 2.20. The lowest BCUT2D eigenvalue weighted by Crippen LogP contribution is -2.41. The molecule has 0 spiro atoms. The lowest BCUT2D eigenvalue weighted by molar-refractivity contribution is 0.0626. The van der Waals surface area contributed by atoms with Crippen LogP contribution in [-0.2, 0) is 6.54 Å². The summed E-state index contributed by atoms with van der Waals surface area (Å²) in [5.74, 6) is 0.788. The predicted octanol–water partition coefficient (Wildman–Crippen LogP) is 1.70. The molecule has 1 aliphatic rings. The number of amides is 1. The van der Waals surface area contributed by atoms with E-state index in [1.807, 2.05) is 10.8 Å². The van der Waals surface area contributed by atoms with Crippen LogP contribution < -0.4 is 5.43 Å². The number of carbonyl (C=O) groups excluding carboxylic acids is 1. The molecular formula is C16H19N3O3. The van der Waals surface area contributed by atoms with Gasteiger partial charge in [-0.25, -0.2) is 4.98 Å². The molecule has 1 aliphatic heterocycles. The second kappa shape index (κ2) is 6.17. The monoisotopic (exact) mass is 301 g/mol. The van der Waals surface area contributed by atoms with Crippen molar-refractivity contribution in [3.8, 4) is 0 Å². The zero-order valence-corrected chi connectivity index (χ0v) is 12.6. The number of piperidine rings is 1. The molecule has 0 saturated carbocycles. The van der Waals surface area contributed by atoms with Crippen LogP contribution in [0.25, 0.3) is 0 Å². The van der Waals surface area contributed by atoms with Gasteiger partial charge in [0.25, 0.3) is 5.91 Å². The molecule has 6 heteroatoms. The van der Waals surface area contributed by atoms with Gasteiger partial charge < -0.3 is 13.9 Å². The van der Waals surface area contributed by atoms with Gasteiger partial charge in [0.1, 0.15) is 5.76 Å². The predicted molar refractivity (Wildman–Crippen MR) is 80.6 cm³/mol. The van der Waals surface area contributed by atoms with Gasteiger partial charge in [-0.2, -0.15) is 0 Å². The molecule has 3 heterocycles. The van der Waals surface area contributed by atoms with Crippen molar-refractivity contribution in [3.63, 3.8) is 0 Å². The summed E-state index contributed by atoms with van der Waals surface area (Å²) in [6, 6.07) is 2.66. The van der Waals surface area contributed by atoms with Crippen molar-refractivity contribution >= 4 is 5.91 Å². The number of aromatic nitrogens is 2. The van der Waals surface area contributed by atoms with E-state index in [-0.39, 0.29) is 17.1 Å². The summed E-state index contributed by atoms with van der Waals surface area (Å²) in [6.07, 6.45) is 7.52. The van der Waals surface area contributed by atoms with E-state index in [2.05, 4.69) is 4.98 Å². The second-order valence-corrected chi connectivity index (χ2v) is 5.79. The van der Waals surface area contributed by atoms with Gasteiger partial charge >= 0.3 is 0 Å². The summed E-state index contributed by atoms with van der Waals surface area (Å²) in [4.78, 5) is 29.9. The topological polar surface area (TPSA) is 68.3 Å². The summed E-state index contributed by atoms with van der Waals surface area (Å²) >= 11 is 0. The molecular weight excluding hydrogens is 282 g/mol. The number of likely N-dealkylation sites (tertiary alicyclic amines) is 1. The quantitative estimate of drug-likeness (QED) is 0.865. The van der Waals surface area contributed by atoms with Gasteiger partial charge in [-0.05, 0) is 25.7 Å². The fourth-order valence-corrected chi connectivity index (χ4v) is 2.96. The van der Waals surface area contributed by atoms with Crippen molar-refractivity contribution in [2.24, 2.45) is 5.92 Å². The van der Waals surface area contributed by atoms with Crippen LogP contribution in [0.3, 0.4) is 0 Å². The Kier molecular flexibility index (Phi) is 4.09. The molecule has 0 unspecified atom stereocenters. The maximum absolute atomic E-state index is 12.5. The molecule has 1 amide bonds. The smallest absolute Gasteiger partial charge is 0.289 e. The minimum absolute atomic E-state index is 0.133. The van der Waals surface area contributed by atoms with Gasteiger partial charge in [0.15, 0.2) is 11.2 Å². The van der Waals surface area contributed by atoms with Gasteiger partial charge in [-0.15, -0.1) is 0 Å². The third kappa shape index (κ3) is 3.27. The molecule has 0 aliphatic carbocycles. The number of hydrogen-bond donors (Lipinski definition) is 0. The Hall–Kier alpha value is -2.37. The summed E-state index contributed by atoms with van der Waals surface area (Å²) in [7, 11) is 0. The average molecular weight is 301 g/mol. The van der Waals surface area contributed by atoms with E-state index >= 15 is 0 Å². The third-order valence-corrected chi connectivity index (χ3v) is 3.94. The molecule has 1 fully saturated rings. The molecule has 0 radical (unpaired) electrons. The standard InChI is InChI=1S/C16H19N3O3/c1-12-7-14(20)8-15(22-12)16(21)19-5-2-3-13(10-19)9-18-6-4-17-11-18/h4,6-8,11,13H,2-3,5,9-10H2,1H3/t13-/m0/s1. The van der Waals surface area contributed by atoms with Crippen molar-refractivity contribution in [1.82, 2.24) is 14.5 Å². The van der Waals surface area contributed by atoms with E-state index in [1.54, 1.807) is 24.3 Å². The molecule has 116 valence electrons. The van der Waals surface area contributed by atoms with Crippen LogP contribution in [0.5, 0.6) is 0 Å². The highest BCUT2D eigenvalue weighted by Gasteiger charge is 2.26. The maximum atomic E-state index is 12.5. The van der Waals surface area contributed by atoms with Gasteiger partial charge in [0.2, 0.25) is 0 Å². The normalized spacial score (nSPS) is 18.4. The molecule has 0 bridgehead atoms. The first-order valence-electron chi connectivity index (χ1n) is 7.48. The Bertz CT molecular complexity index is 706. The number of imidazole rings is 1. The van der Waals surface area contributed by atoms with Crippen molar-refractivity contribution in [1.29, 1.82) is 0 Å². The second-order valence-electron chi connectivity index (χ2n) is 5.79. The van der Waals surface area contributed by atoms with E-state index in [0.29, 0.717) is 24.8 Å². The molecule has 22 heavy (non-hydrogen) atoms. The Morgan fingerprint density at radius 2 is 2.32 bits per heavy atom. The molecule has 0 N–H and O–H groups in total. The first-order valence-corrected chi connectivity index (χ1v) is 7.48. The highest BCUT2D eigenvalue weighted by atomic mass is 16.3. The first-order chi connectivity index (χ1) is 10.6. The van der Waals surface area contributed by atoms with Gasteiger partial charge in [0, 0.05) is 44.2 Å².